The molecule has 2 aromatic carbocycles. The van der Waals surface area contributed by atoms with Crippen LogP contribution in [0.25, 0.3) is 11.0 Å². The van der Waals surface area contributed by atoms with Gasteiger partial charge >= 0.3 is 0 Å². The first kappa shape index (κ1) is 24.8. The highest BCUT2D eigenvalue weighted by Crippen LogP contribution is 2.37. The number of piperazine rings is 1. The van der Waals surface area contributed by atoms with Crippen molar-refractivity contribution in [2.75, 3.05) is 64.2 Å². The van der Waals surface area contributed by atoms with Gasteiger partial charge in [0, 0.05) is 63.9 Å². The first-order valence-electron chi connectivity index (χ1n) is 12.2. The number of hydrogen-bond donors (Lipinski definition) is 1. The summed E-state index contributed by atoms with van der Waals surface area (Å²) in [5, 5.41) is 5.74. The number of fused-ring (bicyclic) bond motifs is 1. The Labute approximate surface area is 215 Å². The van der Waals surface area contributed by atoms with Gasteiger partial charge in [0.15, 0.2) is 23.0 Å². The Hall–Kier alpha value is -3.89. The van der Waals surface area contributed by atoms with Gasteiger partial charge in [-0.3, -0.25) is 4.90 Å². The molecule has 0 unspecified atom stereocenters. The van der Waals surface area contributed by atoms with Crippen molar-refractivity contribution in [1.29, 1.82) is 0 Å². The summed E-state index contributed by atoms with van der Waals surface area (Å²) in [7, 11) is 3.36. The van der Waals surface area contributed by atoms with Crippen molar-refractivity contribution in [3.63, 3.8) is 0 Å². The molecular formula is C27H31FN6O3. The van der Waals surface area contributed by atoms with E-state index in [1.807, 2.05) is 28.9 Å². The van der Waals surface area contributed by atoms with Crippen LogP contribution in [-0.2, 0) is 11.3 Å². The number of rotatable bonds is 9. The molecule has 0 atom stereocenters. The van der Waals surface area contributed by atoms with Gasteiger partial charge in [-0.05, 0) is 29.8 Å². The molecule has 0 bridgehead atoms. The third-order valence-electron chi connectivity index (χ3n) is 6.53. The van der Waals surface area contributed by atoms with Crippen LogP contribution in [0, 0.1) is 5.82 Å². The fraction of sp³-hybridized carbons (Fsp3) is 0.333. The van der Waals surface area contributed by atoms with Crippen LogP contribution in [0.4, 0.5) is 15.9 Å². The zero-order chi connectivity index (χ0) is 25.8. The van der Waals surface area contributed by atoms with Gasteiger partial charge in [-0.1, -0.05) is 12.1 Å². The Morgan fingerprint density at radius 2 is 1.76 bits per heavy atom. The highest BCUT2D eigenvalue weighted by molar-refractivity contribution is 5.94. The van der Waals surface area contributed by atoms with Crippen molar-refractivity contribution in [2.24, 2.45) is 0 Å². The van der Waals surface area contributed by atoms with Crippen LogP contribution < -0.4 is 20.1 Å². The first-order chi connectivity index (χ1) is 18.1. The molecule has 2 aromatic heterocycles. The van der Waals surface area contributed by atoms with Crippen LogP contribution in [0.3, 0.4) is 0 Å². The van der Waals surface area contributed by atoms with E-state index in [0.29, 0.717) is 30.2 Å². The fourth-order valence-corrected chi connectivity index (χ4v) is 4.49. The molecule has 0 amide bonds. The molecule has 2 N–H and O–H groups in total. The molecule has 4 aromatic rings. The van der Waals surface area contributed by atoms with Gasteiger partial charge < -0.3 is 24.8 Å². The topological polar surface area (TPSA) is 90.9 Å². The Morgan fingerprint density at radius 3 is 2.46 bits per heavy atom. The van der Waals surface area contributed by atoms with E-state index < -0.39 is 5.82 Å². The molecule has 1 saturated heterocycles. The monoisotopic (exact) mass is 506 g/mol. The summed E-state index contributed by atoms with van der Waals surface area (Å²) in [5.74, 6) is 1.63. The molecule has 9 nitrogen and oxygen atoms in total. The van der Waals surface area contributed by atoms with Crippen molar-refractivity contribution in [3.8, 4) is 17.2 Å². The molecule has 0 spiro atoms. The number of halogens is 1. The molecular weight excluding hydrogens is 475 g/mol. The largest absolute Gasteiger partial charge is 0.497 e. The quantitative estimate of drug-likeness (QED) is 0.343. The second-order valence-electron chi connectivity index (χ2n) is 8.95. The van der Waals surface area contributed by atoms with E-state index in [-0.39, 0.29) is 5.75 Å². The van der Waals surface area contributed by atoms with Gasteiger partial charge in [-0.25, -0.2) is 14.1 Å². The first-order valence-corrected chi connectivity index (χ1v) is 12.2. The minimum atomic E-state index is -0.524. The number of nitrogen functional groups attached to an aromatic ring is 1. The standard InChI is InChI=1S/C27H31FN6O3/c1-35-16-15-32-11-13-33(14-12-32)27-25-24(37-23-8-5-20(29)17-22(23)28)9-10-30-26(25)34(31-27)18-19-3-6-21(36-2)7-4-19/h3-10,17H,11-16,18,29H2,1-2H3. The number of nitrogens with zero attached hydrogens (tertiary/aromatic N) is 5. The van der Waals surface area contributed by atoms with Crippen molar-refractivity contribution >= 4 is 22.5 Å². The third kappa shape index (κ3) is 5.45. The summed E-state index contributed by atoms with van der Waals surface area (Å²) in [6.07, 6.45) is 1.66. The van der Waals surface area contributed by atoms with E-state index in [2.05, 4.69) is 14.8 Å². The number of pyridine rings is 1. The lowest BCUT2D eigenvalue weighted by atomic mass is 10.2. The average molecular weight is 507 g/mol. The summed E-state index contributed by atoms with van der Waals surface area (Å²) < 4.78 is 33.1. The number of benzene rings is 2. The van der Waals surface area contributed by atoms with Crippen molar-refractivity contribution < 1.29 is 18.6 Å². The van der Waals surface area contributed by atoms with Gasteiger partial charge in [0.2, 0.25) is 0 Å². The number of anilines is 2. The number of hydrogen-bond acceptors (Lipinski definition) is 8. The van der Waals surface area contributed by atoms with E-state index >= 15 is 0 Å². The molecule has 1 aliphatic rings. The van der Waals surface area contributed by atoms with Gasteiger partial charge in [-0.2, -0.15) is 5.10 Å². The lowest BCUT2D eigenvalue weighted by Gasteiger charge is -2.34. The summed E-state index contributed by atoms with van der Waals surface area (Å²) in [6.45, 7) is 5.48. The van der Waals surface area contributed by atoms with Crippen molar-refractivity contribution in [1.82, 2.24) is 19.7 Å². The number of nitrogens with two attached hydrogens (primary N) is 1. The number of ether oxygens (including phenoxy) is 3. The second kappa shape index (κ2) is 11.0. The van der Waals surface area contributed by atoms with Crippen LogP contribution in [0.1, 0.15) is 5.56 Å². The van der Waals surface area contributed by atoms with E-state index in [1.165, 1.54) is 12.1 Å². The number of aromatic nitrogens is 3. The number of methoxy groups -OCH3 is 2. The van der Waals surface area contributed by atoms with Gasteiger partial charge in [0.1, 0.15) is 16.9 Å². The molecule has 0 radical (unpaired) electrons. The Kier molecular flexibility index (Phi) is 7.38. The molecule has 3 heterocycles. The Bertz CT molecular complexity index is 1350. The van der Waals surface area contributed by atoms with E-state index in [9.17, 15) is 4.39 Å². The molecule has 5 rings (SSSR count). The van der Waals surface area contributed by atoms with E-state index in [4.69, 9.17) is 25.0 Å². The van der Waals surface area contributed by atoms with Crippen LogP contribution >= 0.6 is 0 Å². The fourth-order valence-electron chi connectivity index (χ4n) is 4.49. The zero-order valence-electron chi connectivity index (χ0n) is 21.1. The third-order valence-corrected chi connectivity index (χ3v) is 6.53. The second-order valence-corrected chi connectivity index (χ2v) is 8.95. The smallest absolute Gasteiger partial charge is 0.167 e. The predicted octanol–water partition coefficient (Wildman–Crippen LogP) is 3.77. The van der Waals surface area contributed by atoms with Gasteiger partial charge in [0.05, 0.1) is 20.3 Å². The van der Waals surface area contributed by atoms with Gasteiger partial charge in [0.25, 0.3) is 0 Å². The molecule has 1 aliphatic heterocycles. The molecule has 10 heteroatoms. The van der Waals surface area contributed by atoms with Crippen LogP contribution in [0.15, 0.2) is 54.7 Å². The predicted molar refractivity (Wildman–Crippen MR) is 141 cm³/mol. The van der Waals surface area contributed by atoms with E-state index in [1.54, 1.807) is 32.5 Å². The SMILES string of the molecule is COCCN1CCN(c2nn(Cc3ccc(OC)cc3)c3nccc(Oc4ccc(N)cc4F)c23)CC1. The lowest BCUT2D eigenvalue weighted by Crippen LogP contribution is -2.47. The van der Waals surface area contributed by atoms with Crippen LogP contribution in [-0.4, -0.2) is 73.2 Å². The minimum absolute atomic E-state index is 0.0972. The maximum Gasteiger partial charge on any atom is 0.167 e. The summed E-state index contributed by atoms with van der Waals surface area (Å²) >= 11 is 0. The van der Waals surface area contributed by atoms with Crippen molar-refractivity contribution in [2.45, 2.75) is 6.54 Å². The van der Waals surface area contributed by atoms with Gasteiger partial charge in [-0.15, -0.1) is 0 Å². The molecule has 194 valence electrons. The highest BCUT2D eigenvalue weighted by atomic mass is 19.1. The summed E-state index contributed by atoms with van der Waals surface area (Å²) in [4.78, 5) is 9.26. The van der Waals surface area contributed by atoms with Crippen molar-refractivity contribution in [3.05, 3.63) is 66.1 Å². The average Bonchev–Trinajstić information content (AvgIpc) is 3.29. The highest BCUT2D eigenvalue weighted by Gasteiger charge is 2.25. The minimum Gasteiger partial charge on any atom is -0.497 e. The van der Waals surface area contributed by atoms with E-state index in [0.717, 1.165) is 55.2 Å². The summed E-state index contributed by atoms with van der Waals surface area (Å²) in [5.41, 5.74) is 7.78. The molecule has 0 aliphatic carbocycles. The lowest BCUT2D eigenvalue weighted by molar-refractivity contribution is 0.144. The maximum atomic E-state index is 14.6. The molecule has 1 fully saturated rings. The van der Waals surface area contributed by atoms with Crippen LogP contribution in [0.2, 0.25) is 0 Å². The Morgan fingerprint density at radius 1 is 0.973 bits per heavy atom. The molecule has 0 saturated carbocycles. The normalized spacial score (nSPS) is 14.3. The molecule has 37 heavy (non-hydrogen) atoms. The summed E-state index contributed by atoms with van der Waals surface area (Å²) in [6, 6.07) is 14.0. The maximum absolute atomic E-state index is 14.6. The Balaban J connectivity index is 1.51. The van der Waals surface area contributed by atoms with Crippen LogP contribution in [0.5, 0.6) is 17.2 Å². The zero-order valence-corrected chi connectivity index (χ0v) is 21.1.